The van der Waals surface area contributed by atoms with E-state index in [9.17, 15) is 9.59 Å². The van der Waals surface area contributed by atoms with Crippen molar-refractivity contribution < 1.29 is 19.4 Å². The first-order valence-electron chi connectivity index (χ1n) is 8.34. The van der Waals surface area contributed by atoms with Crippen LogP contribution >= 0.6 is 0 Å². The molecule has 0 saturated carbocycles. The van der Waals surface area contributed by atoms with Gasteiger partial charge in [-0.1, -0.05) is 30.3 Å². The number of rotatable bonds is 4. The number of amides is 1. The number of benzene rings is 1. The normalized spacial score (nSPS) is 25.5. The number of ether oxygens (including phenoxy) is 1. The second-order valence-corrected chi connectivity index (χ2v) is 6.45. The van der Waals surface area contributed by atoms with Gasteiger partial charge in [-0.3, -0.25) is 9.59 Å². The molecule has 0 bridgehead atoms. The SMILES string of the molecule is O=C(O)C1CCN(C(=O)[C@@H]2CC[C@H](Cc3ccccc3)O2)CC1. The Morgan fingerprint density at radius 2 is 1.78 bits per heavy atom. The molecule has 0 aromatic heterocycles. The molecule has 2 fully saturated rings. The van der Waals surface area contributed by atoms with Gasteiger partial charge in [0.15, 0.2) is 0 Å². The highest BCUT2D eigenvalue weighted by Crippen LogP contribution is 2.26. The smallest absolute Gasteiger partial charge is 0.306 e. The number of carbonyl (C=O) groups excluding carboxylic acids is 1. The van der Waals surface area contributed by atoms with Crippen LogP contribution in [-0.2, 0) is 20.7 Å². The minimum Gasteiger partial charge on any atom is -0.481 e. The molecule has 2 saturated heterocycles. The van der Waals surface area contributed by atoms with E-state index in [-0.39, 0.29) is 24.0 Å². The topological polar surface area (TPSA) is 66.8 Å². The van der Waals surface area contributed by atoms with Crippen molar-refractivity contribution in [3.05, 3.63) is 35.9 Å². The summed E-state index contributed by atoms with van der Waals surface area (Å²) < 4.78 is 5.95. The molecule has 2 aliphatic rings. The van der Waals surface area contributed by atoms with Gasteiger partial charge in [0.05, 0.1) is 12.0 Å². The molecule has 2 aliphatic heterocycles. The average Bonchev–Trinajstić information content (AvgIpc) is 3.03. The van der Waals surface area contributed by atoms with E-state index in [1.165, 1.54) is 5.56 Å². The third kappa shape index (κ3) is 3.91. The molecular weight excluding hydrogens is 294 g/mol. The molecule has 0 radical (unpaired) electrons. The number of piperidine rings is 1. The lowest BCUT2D eigenvalue weighted by Gasteiger charge is -2.31. The summed E-state index contributed by atoms with van der Waals surface area (Å²) in [5.74, 6) is -1.03. The maximum absolute atomic E-state index is 12.5. The van der Waals surface area contributed by atoms with Crippen molar-refractivity contribution in [2.75, 3.05) is 13.1 Å². The minimum absolute atomic E-state index is 0.0319. The van der Waals surface area contributed by atoms with Gasteiger partial charge in [0, 0.05) is 13.1 Å². The lowest BCUT2D eigenvalue weighted by molar-refractivity contribution is -0.149. The van der Waals surface area contributed by atoms with Crippen LogP contribution in [0.15, 0.2) is 30.3 Å². The quantitative estimate of drug-likeness (QED) is 0.923. The third-order valence-electron chi connectivity index (χ3n) is 4.85. The molecule has 1 aromatic rings. The van der Waals surface area contributed by atoms with E-state index >= 15 is 0 Å². The fourth-order valence-corrected chi connectivity index (χ4v) is 3.46. The minimum atomic E-state index is -0.753. The molecular formula is C18H23NO4. The molecule has 2 atom stereocenters. The number of nitrogens with zero attached hydrogens (tertiary/aromatic N) is 1. The van der Waals surface area contributed by atoms with E-state index in [4.69, 9.17) is 9.84 Å². The highest BCUT2D eigenvalue weighted by molar-refractivity contribution is 5.81. The standard InChI is InChI=1S/C18H23NO4/c20-17(19-10-8-14(9-11-19)18(21)22)16-7-6-15(23-16)12-13-4-2-1-3-5-13/h1-5,14-16H,6-12H2,(H,21,22)/t15-,16+/m1/s1. The molecule has 3 rings (SSSR count). The predicted molar refractivity (Wildman–Crippen MR) is 85.0 cm³/mol. The fraction of sp³-hybridized carbons (Fsp3) is 0.556. The number of likely N-dealkylation sites (tertiary alicyclic amines) is 1. The van der Waals surface area contributed by atoms with Gasteiger partial charge in [-0.25, -0.2) is 0 Å². The predicted octanol–water partition coefficient (Wildman–Crippen LogP) is 2.10. The maximum Gasteiger partial charge on any atom is 0.306 e. The van der Waals surface area contributed by atoms with Crippen molar-refractivity contribution in [1.29, 1.82) is 0 Å². The summed E-state index contributed by atoms with van der Waals surface area (Å²) in [7, 11) is 0. The van der Waals surface area contributed by atoms with Crippen molar-refractivity contribution in [2.45, 2.75) is 44.3 Å². The van der Waals surface area contributed by atoms with Gasteiger partial charge in [-0.05, 0) is 37.7 Å². The highest BCUT2D eigenvalue weighted by Gasteiger charge is 2.35. The molecule has 23 heavy (non-hydrogen) atoms. The summed E-state index contributed by atoms with van der Waals surface area (Å²) in [6, 6.07) is 10.2. The molecule has 1 N–H and O–H groups in total. The summed E-state index contributed by atoms with van der Waals surface area (Å²) in [5.41, 5.74) is 1.23. The van der Waals surface area contributed by atoms with E-state index in [0.29, 0.717) is 25.9 Å². The number of carboxylic acid groups (broad SMARTS) is 1. The van der Waals surface area contributed by atoms with Gasteiger partial charge < -0.3 is 14.7 Å². The first kappa shape index (κ1) is 16.0. The van der Waals surface area contributed by atoms with Gasteiger partial charge in [0.1, 0.15) is 6.10 Å². The average molecular weight is 317 g/mol. The second kappa shape index (κ2) is 7.13. The first-order chi connectivity index (χ1) is 11.1. The monoisotopic (exact) mass is 317 g/mol. The molecule has 2 heterocycles. The molecule has 1 aromatic carbocycles. The molecule has 5 nitrogen and oxygen atoms in total. The van der Waals surface area contributed by atoms with Crippen molar-refractivity contribution in [2.24, 2.45) is 5.92 Å². The van der Waals surface area contributed by atoms with Gasteiger partial charge in [-0.15, -0.1) is 0 Å². The Morgan fingerprint density at radius 3 is 2.43 bits per heavy atom. The van der Waals surface area contributed by atoms with E-state index in [1.807, 2.05) is 18.2 Å². The van der Waals surface area contributed by atoms with E-state index in [0.717, 1.165) is 19.3 Å². The molecule has 0 spiro atoms. The van der Waals surface area contributed by atoms with Gasteiger partial charge in [0.2, 0.25) is 0 Å². The van der Waals surface area contributed by atoms with Crippen LogP contribution in [0.1, 0.15) is 31.2 Å². The van der Waals surface area contributed by atoms with E-state index < -0.39 is 5.97 Å². The number of carbonyl (C=O) groups is 2. The molecule has 0 unspecified atom stereocenters. The summed E-state index contributed by atoms with van der Waals surface area (Å²) in [5, 5.41) is 9.02. The molecule has 5 heteroatoms. The molecule has 1 amide bonds. The van der Waals surface area contributed by atoms with Gasteiger partial charge in [-0.2, -0.15) is 0 Å². The van der Waals surface area contributed by atoms with Crippen molar-refractivity contribution >= 4 is 11.9 Å². The largest absolute Gasteiger partial charge is 0.481 e. The van der Waals surface area contributed by atoms with Gasteiger partial charge in [0.25, 0.3) is 5.91 Å². The Kier molecular flexibility index (Phi) is 4.96. The fourth-order valence-electron chi connectivity index (χ4n) is 3.46. The van der Waals surface area contributed by atoms with Crippen LogP contribution < -0.4 is 0 Å². The highest BCUT2D eigenvalue weighted by atomic mass is 16.5. The van der Waals surface area contributed by atoms with Crippen molar-refractivity contribution in [3.8, 4) is 0 Å². The summed E-state index contributed by atoms with van der Waals surface area (Å²) in [6.45, 7) is 1.05. The third-order valence-corrected chi connectivity index (χ3v) is 4.85. The number of hydrogen-bond donors (Lipinski definition) is 1. The zero-order valence-corrected chi connectivity index (χ0v) is 13.2. The van der Waals surface area contributed by atoms with Crippen LogP contribution in [0.25, 0.3) is 0 Å². The summed E-state index contributed by atoms with van der Waals surface area (Å²) in [6.07, 6.45) is 3.33. The number of hydrogen-bond acceptors (Lipinski definition) is 3. The van der Waals surface area contributed by atoms with E-state index in [2.05, 4.69) is 12.1 Å². The van der Waals surface area contributed by atoms with Crippen molar-refractivity contribution in [3.63, 3.8) is 0 Å². The lowest BCUT2D eigenvalue weighted by Crippen LogP contribution is -2.45. The van der Waals surface area contributed by atoms with Crippen LogP contribution in [0.4, 0.5) is 0 Å². The number of aliphatic carboxylic acids is 1. The summed E-state index contributed by atoms with van der Waals surface area (Å²) in [4.78, 5) is 25.3. The zero-order chi connectivity index (χ0) is 16.2. The van der Waals surface area contributed by atoms with Crippen LogP contribution in [0, 0.1) is 5.92 Å². The van der Waals surface area contributed by atoms with Crippen LogP contribution in [0.3, 0.4) is 0 Å². The Balaban J connectivity index is 1.49. The Morgan fingerprint density at radius 1 is 1.09 bits per heavy atom. The van der Waals surface area contributed by atoms with Gasteiger partial charge >= 0.3 is 5.97 Å². The summed E-state index contributed by atoms with van der Waals surface area (Å²) >= 11 is 0. The molecule has 0 aliphatic carbocycles. The Bertz CT molecular complexity index is 551. The lowest BCUT2D eigenvalue weighted by atomic mass is 9.96. The molecule has 124 valence electrons. The Hall–Kier alpha value is -1.88. The Labute approximate surface area is 136 Å². The van der Waals surface area contributed by atoms with E-state index in [1.54, 1.807) is 4.90 Å². The maximum atomic E-state index is 12.5. The van der Waals surface area contributed by atoms with Crippen LogP contribution in [0.5, 0.6) is 0 Å². The van der Waals surface area contributed by atoms with Crippen LogP contribution in [-0.4, -0.2) is 47.2 Å². The second-order valence-electron chi connectivity index (χ2n) is 6.45. The van der Waals surface area contributed by atoms with Crippen LogP contribution in [0.2, 0.25) is 0 Å². The number of carboxylic acids is 1. The van der Waals surface area contributed by atoms with Crippen molar-refractivity contribution in [1.82, 2.24) is 4.90 Å². The first-order valence-corrected chi connectivity index (χ1v) is 8.34. The zero-order valence-electron chi connectivity index (χ0n) is 13.2.